The van der Waals surface area contributed by atoms with E-state index in [0.717, 1.165) is 29.5 Å². The van der Waals surface area contributed by atoms with Crippen LogP contribution in [0.1, 0.15) is 123 Å². The van der Waals surface area contributed by atoms with E-state index in [2.05, 4.69) is 421 Å². The fourth-order valence-corrected chi connectivity index (χ4v) is 46.3. The van der Waals surface area contributed by atoms with Crippen LogP contribution in [0.3, 0.4) is 0 Å². The minimum atomic E-state index is -4.24. The topological polar surface area (TPSA) is 0 Å². The number of aryl methyl sites for hydroxylation is 1. The zero-order valence-electron chi connectivity index (χ0n) is 79.7. The van der Waals surface area contributed by atoms with E-state index in [1.807, 2.05) is 37.3 Å². The summed E-state index contributed by atoms with van der Waals surface area (Å²) in [5.41, 5.74) is -6.84. The fourth-order valence-electron chi connectivity index (χ4n) is 14.8. The molecule has 0 saturated carbocycles. The first-order valence-electron chi connectivity index (χ1n) is 47.4. The molecule has 0 atom stereocenters. The second-order valence-electron chi connectivity index (χ2n) is 32.2. The second-order valence-corrected chi connectivity index (χ2v) is 64.2. The molecular formula is C119H129BrF6P4PdS4Sn2. The number of hydrogen-bond donors (Lipinski definition) is 0. The molecule has 2 aromatic heterocycles. The number of benzene rings is 14. The van der Waals surface area contributed by atoms with Gasteiger partial charge in [-0.3, -0.25) is 0 Å². The Hall–Kier alpha value is -6.78. The second kappa shape index (κ2) is 67.6. The van der Waals surface area contributed by atoms with Crippen molar-refractivity contribution in [2.24, 2.45) is 0 Å². The van der Waals surface area contributed by atoms with Crippen LogP contribution in [0.5, 0.6) is 0 Å². The SMILES string of the molecule is CCC[CH2][Sn]([CH2]CCC)[CH2]CCC.CCC[CH2][Sn]([CH2]CCC)[CH2]CCC.Cc1ccc(-c2cccc(SC(F)(F)F)c2)s1.FC(F)(F)Sc1cccc(-c2ccc(Br)s2)c1.[Pd].c1ccc(P(c2ccccc2)c2ccccc2)cc1.c1ccc(P(c2ccccc2)c2ccccc2)cc1.c1ccc(P(c2ccccc2)c2ccccc2)cc1.c1ccc(P(c2ccccc2)c2ccccc2)cc1. The van der Waals surface area contributed by atoms with E-state index in [1.54, 1.807) is 68.3 Å². The molecule has 16 aromatic rings. The van der Waals surface area contributed by atoms with Crippen molar-refractivity contribution in [3.63, 3.8) is 0 Å². The van der Waals surface area contributed by atoms with Crippen molar-refractivity contribution in [2.75, 3.05) is 0 Å². The number of thioether (sulfide) groups is 2. The molecule has 2 radical (unpaired) electrons. The Morgan fingerprint density at radius 2 is 0.423 bits per heavy atom. The largest absolute Gasteiger partial charge is 0.446 e. The van der Waals surface area contributed by atoms with Crippen LogP contribution < -0.4 is 63.7 Å². The van der Waals surface area contributed by atoms with Gasteiger partial charge in [-0.15, -0.1) is 22.7 Å². The molecule has 0 fully saturated rings. The summed E-state index contributed by atoms with van der Waals surface area (Å²) in [5, 5.41) is 16.8. The van der Waals surface area contributed by atoms with Crippen molar-refractivity contribution in [1.29, 1.82) is 0 Å². The summed E-state index contributed by atoms with van der Waals surface area (Å²) < 4.78 is 84.5. The van der Waals surface area contributed by atoms with Gasteiger partial charge in [0.15, 0.2) is 0 Å². The molecule has 0 saturated heterocycles. The number of thiophene rings is 2. The first-order valence-corrected chi connectivity index (χ1v) is 68.9. The fraction of sp³-hybridized carbons (Fsp3) is 0.227. The minimum Gasteiger partial charge on any atom is -0.160 e. The van der Waals surface area contributed by atoms with Crippen LogP contribution in [0, 0.1) is 6.92 Å². The van der Waals surface area contributed by atoms with Gasteiger partial charge in [-0.25, -0.2) is 0 Å². The summed E-state index contributed by atoms with van der Waals surface area (Å²) in [5.74, 6) is 0. The first-order chi connectivity index (χ1) is 66.4. The monoisotopic (exact) mass is 2350 g/mol. The van der Waals surface area contributed by atoms with Crippen LogP contribution in [0.4, 0.5) is 26.3 Å². The Morgan fingerprint density at radius 1 is 0.241 bits per heavy atom. The van der Waals surface area contributed by atoms with Crippen LogP contribution >= 0.6 is 93.8 Å². The molecule has 0 bridgehead atoms. The van der Waals surface area contributed by atoms with E-state index in [0.29, 0.717) is 0 Å². The Bertz CT molecular complexity index is 4740. The van der Waals surface area contributed by atoms with Crippen LogP contribution in [0.2, 0.25) is 26.6 Å². The zero-order chi connectivity index (χ0) is 96.5. The van der Waals surface area contributed by atoms with E-state index >= 15 is 0 Å². The van der Waals surface area contributed by atoms with Crippen molar-refractivity contribution in [2.45, 2.75) is 173 Å². The summed E-state index contributed by atoms with van der Waals surface area (Å²) in [7, 11) is -1.78. The van der Waals surface area contributed by atoms with Gasteiger partial charge >= 0.3 is 196 Å². The third-order valence-electron chi connectivity index (χ3n) is 21.5. The van der Waals surface area contributed by atoms with Gasteiger partial charge in [-0.05, 0) is 201 Å². The number of rotatable bonds is 34. The third-order valence-corrected chi connectivity index (χ3v) is 53.6. The molecule has 16 rings (SSSR count). The molecule has 0 unspecified atom stereocenters. The van der Waals surface area contributed by atoms with Gasteiger partial charge in [-0.1, -0.05) is 388 Å². The van der Waals surface area contributed by atoms with Crippen molar-refractivity contribution in [3.05, 3.63) is 445 Å². The molecule has 137 heavy (non-hydrogen) atoms. The number of unbranched alkanes of at least 4 members (excludes halogenated alkanes) is 6. The maximum Gasteiger partial charge on any atom is 0.446 e. The van der Waals surface area contributed by atoms with Crippen molar-refractivity contribution in [3.8, 4) is 20.9 Å². The van der Waals surface area contributed by atoms with E-state index in [9.17, 15) is 26.3 Å². The average Bonchev–Trinajstić information content (AvgIpc) is 1.61. The van der Waals surface area contributed by atoms with Crippen LogP contribution in [0.15, 0.2) is 450 Å². The van der Waals surface area contributed by atoms with E-state index in [-0.39, 0.29) is 53.7 Å². The summed E-state index contributed by atoms with van der Waals surface area (Å²) in [6, 6.07) is 150. The minimum absolute atomic E-state index is 0. The molecule has 716 valence electrons. The average molecular weight is 2350 g/mol. The predicted octanol–water partition coefficient (Wildman–Crippen LogP) is 34.7. The predicted molar refractivity (Wildman–Crippen MR) is 606 cm³/mol. The van der Waals surface area contributed by atoms with Crippen LogP contribution in [-0.2, 0) is 20.4 Å². The van der Waals surface area contributed by atoms with Gasteiger partial charge in [-0.2, -0.15) is 26.3 Å². The number of alkyl halides is 6. The van der Waals surface area contributed by atoms with Crippen molar-refractivity contribution >= 4 is 197 Å². The van der Waals surface area contributed by atoms with Crippen LogP contribution in [0.25, 0.3) is 20.9 Å². The Balaban J connectivity index is 0.000000193. The summed E-state index contributed by atoms with van der Waals surface area (Å²) in [4.78, 5) is 3.52. The molecular weight excluding hydrogens is 2220 g/mol. The van der Waals surface area contributed by atoms with Crippen LogP contribution in [-0.4, -0.2) is 50.5 Å². The molecule has 0 aliphatic heterocycles. The maximum absolute atomic E-state index is 12.2. The van der Waals surface area contributed by atoms with Gasteiger partial charge in [0, 0.05) is 44.8 Å². The first kappa shape index (κ1) is 115. The van der Waals surface area contributed by atoms with Gasteiger partial charge in [0.1, 0.15) is 0 Å². The van der Waals surface area contributed by atoms with E-state index in [4.69, 9.17) is 0 Å². The van der Waals surface area contributed by atoms with E-state index in [1.165, 1.54) is 164 Å². The normalized spacial score (nSPS) is 10.9. The van der Waals surface area contributed by atoms with Gasteiger partial charge < -0.3 is 0 Å². The summed E-state index contributed by atoms with van der Waals surface area (Å²) in [6.07, 6.45) is 17.7. The molecule has 0 aliphatic carbocycles. The smallest absolute Gasteiger partial charge is 0.160 e. The Labute approximate surface area is 873 Å². The molecule has 0 N–H and O–H groups in total. The summed E-state index contributed by atoms with van der Waals surface area (Å²) >= 11 is 4.55. The quantitative estimate of drug-likeness (QED) is 0.0171. The van der Waals surface area contributed by atoms with E-state index < -0.39 is 82.2 Å². The molecule has 0 amide bonds. The van der Waals surface area contributed by atoms with Crippen molar-refractivity contribution in [1.82, 2.24) is 0 Å². The maximum atomic E-state index is 12.2. The Morgan fingerprint density at radius 3 is 0.577 bits per heavy atom. The molecule has 2 heterocycles. The molecule has 14 aromatic carbocycles. The standard InChI is InChI=1S/4C18H15P.C12H9F3S2.C11H6BrF3S2.6C4H9.Pd.2Sn/c4*1-4-10-16(11-5-1)19(17-12-6-2-7-13-17)18-14-8-3-9-15-18;1-8-5-6-11(16-8)9-3-2-4-10(7-9)17-12(13,14)15;12-10-5-4-9(16-10)7-2-1-3-8(6-7)17-11(13,14)15;6*1-3-4-2;;;/h4*1-15H;2-7H,1H3;1-6H;6*1,3-4H2,2H3;;;. The third kappa shape index (κ3) is 44.3. The zero-order valence-corrected chi connectivity index (χ0v) is 95.4. The summed E-state index contributed by atoms with van der Waals surface area (Å²) in [6.45, 7) is 16.0. The van der Waals surface area contributed by atoms with Gasteiger partial charge in [0.05, 0.1) is 3.79 Å². The molecule has 0 aliphatic rings. The van der Waals surface area contributed by atoms with Gasteiger partial charge in [0.25, 0.3) is 0 Å². The number of hydrogen-bond acceptors (Lipinski definition) is 4. The molecule has 0 spiro atoms. The molecule has 0 nitrogen and oxygen atoms in total. The van der Waals surface area contributed by atoms with Crippen molar-refractivity contribution < 1.29 is 46.8 Å². The number of halogens is 7. The Kier molecular flexibility index (Phi) is 57.0. The van der Waals surface area contributed by atoms with Gasteiger partial charge in [0.2, 0.25) is 0 Å². The molecule has 18 heteroatoms.